The van der Waals surface area contributed by atoms with Crippen LogP contribution in [0.3, 0.4) is 0 Å². The highest BCUT2D eigenvalue weighted by atomic mass is 19.4. The van der Waals surface area contributed by atoms with E-state index in [9.17, 15) is 18.0 Å². The zero-order chi connectivity index (χ0) is 13.5. The van der Waals surface area contributed by atoms with Crippen molar-refractivity contribution in [3.8, 4) is 0 Å². The summed E-state index contributed by atoms with van der Waals surface area (Å²) in [6, 6.07) is 0. The Bertz CT molecular complexity index is 296. The quantitative estimate of drug-likeness (QED) is 0.839. The normalized spacial score (nSPS) is 22.1. The molecule has 3 nitrogen and oxygen atoms in total. The van der Waals surface area contributed by atoms with Gasteiger partial charge in [0.05, 0.1) is 0 Å². The number of nitrogens with one attached hydrogen (secondary N) is 1. The van der Waals surface area contributed by atoms with Gasteiger partial charge in [-0.2, -0.15) is 13.2 Å². The van der Waals surface area contributed by atoms with E-state index < -0.39 is 18.9 Å². The van der Waals surface area contributed by atoms with E-state index in [1.54, 1.807) is 0 Å². The molecule has 1 fully saturated rings. The summed E-state index contributed by atoms with van der Waals surface area (Å²) in [4.78, 5) is 11.0. The minimum absolute atomic E-state index is 0.0876. The van der Waals surface area contributed by atoms with Crippen molar-refractivity contribution in [1.29, 1.82) is 0 Å². The predicted octanol–water partition coefficient (Wildman–Crippen LogP) is 2.96. The first-order valence-electron chi connectivity index (χ1n) is 5.46. The monoisotopic (exact) mass is 253 g/mol. The van der Waals surface area contributed by atoms with Gasteiger partial charge in [-0.25, -0.2) is 4.79 Å². The Hall–Kier alpha value is -0.940. The molecule has 1 aliphatic rings. The first-order valence-corrected chi connectivity index (χ1v) is 5.46. The lowest BCUT2D eigenvalue weighted by atomic mass is 10.0. The Morgan fingerprint density at radius 3 is 2.06 bits per heavy atom. The maximum absolute atomic E-state index is 11.8. The number of carbonyl (C=O) groups excluding carboxylic acids is 1. The van der Waals surface area contributed by atoms with Gasteiger partial charge in [-0.05, 0) is 16.7 Å². The fraction of sp³-hybridized carbons (Fsp3) is 0.909. The molecule has 6 heteroatoms. The lowest BCUT2D eigenvalue weighted by molar-refractivity contribution is -0.160. The zero-order valence-electron chi connectivity index (χ0n) is 10.4. The molecule has 100 valence electrons. The molecule has 0 bridgehead atoms. The lowest BCUT2D eigenvalue weighted by Crippen LogP contribution is -2.31. The van der Waals surface area contributed by atoms with Gasteiger partial charge in [0.15, 0.2) is 6.61 Å². The van der Waals surface area contributed by atoms with Gasteiger partial charge in [-0.1, -0.05) is 27.7 Å². The number of hydrogen-bond donors (Lipinski definition) is 1. The molecule has 0 unspecified atom stereocenters. The van der Waals surface area contributed by atoms with E-state index in [-0.39, 0.29) is 16.7 Å². The molecule has 1 rings (SSSR count). The van der Waals surface area contributed by atoms with E-state index in [1.165, 1.54) is 0 Å². The summed E-state index contributed by atoms with van der Waals surface area (Å²) >= 11 is 0. The van der Waals surface area contributed by atoms with Crippen LogP contribution in [-0.2, 0) is 4.74 Å². The Labute approximate surface area is 98.7 Å². The van der Waals surface area contributed by atoms with Gasteiger partial charge in [-0.3, -0.25) is 0 Å². The van der Waals surface area contributed by atoms with Crippen LogP contribution >= 0.6 is 0 Å². The molecule has 1 aliphatic carbocycles. The molecule has 0 aromatic rings. The Morgan fingerprint density at radius 2 is 1.71 bits per heavy atom. The first kappa shape index (κ1) is 14.1. The third-order valence-electron chi connectivity index (χ3n) is 4.14. The van der Waals surface area contributed by atoms with Crippen LogP contribution in [0, 0.1) is 16.7 Å². The van der Waals surface area contributed by atoms with E-state index in [4.69, 9.17) is 0 Å². The van der Waals surface area contributed by atoms with Crippen molar-refractivity contribution in [2.75, 3.05) is 13.2 Å². The predicted molar refractivity (Wildman–Crippen MR) is 56.5 cm³/mol. The second kappa shape index (κ2) is 4.07. The molecule has 0 aromatic carbocycles. The molecule has 1 saturated carbocycles. The topological polar surface area (TPSA) is 38.3 Å². The van der Waals surface area contributed by atoms with Crippen LogP contribution in [0.15, 0.2) is 0 Å². The molecule has 0 aliphatic heterocycles. The summed E-state index contributed by atoms with van der Waals surface area (Å²) in [6.07, 6.45) is -5.49. The van der Waals surface area contributed by atoms with Crippen LogP contribution in [0.4, 0.5) is 18.0 Å². The number of ether oxygens (including phenoxy) is 1. The van der Waals surface area contributed by atoms with E-state index in [2.05, 4.69) is 37.7 Å². The number of carbonyl (C=O) groups is 1. The van der Waals surface area contributed by atoms with E-state index in [0.717, 1.165) is 0 Å². The first-order chi connectivity index (χ1) is 7.48. The van der Waals surface area contributed by atoms with Crippen LogP contribution in [-0.4, -0.2) is 25.4 Å². The molecule has 0 heterocycles. The Morgan fingerprint density at radius 1 is 1.24 bits per heavy atom. The van der Waals surface area contributed by atoms with E-state index in [1.807, 2.05) is 0 Å². The molecular weight excluding hydrogens is 235 g/mol. The van der Waals surface area contributed by atoms with Gasteiger partial charge in [0.25, 0.3) is 0 Å². The largest absolute Gasteiger partial charge is 0.440 e. The number of rotatable bonds is 3. The summed E-state index contributed by atoms with van der Waals surface area (Å²) in [5.74, 6) is 0.258. The highest BCUT2D eigenvalue weighted by Crippen LogP contribution is 2.67. The number of halogens is 3. The van der Waals surface area contributed by atoms with E-state index in [0.29, 0.717) is 6.54 Å². The lowest BCUT2D eigenvalue weighted by Gasteiger charge is -2.09. The third-order valence-corrected chi connectivity index (χ3v) is 4.14. The minimum atomic E-state index is -4.48. The molecule has 1 amide bonds. The van der Waals surface area contributed by atoms with Crippen molar-refractivity contribution in [3.05, 3.63) is 0 Å². The average molecular weight is 253 g/mol. The molecule has 0 saturated heterocycles. The standard InChI is InChI=1S/C11H18F3NO2/c1-9(2)7(10(9,3)4)5-15-8(16)17-6-11(12,13)14/h7H,5-6H2,1-4H3,(H,15,16). The molecule has 1 N–H and O–H groups in total. The second-order valence-electron chi connectivity index (χ2n) is 5.57. The van der Waals surface area contributed by atoms with Crippen LogP contribution < -0.4 is 5.32 Å². The molecule has 0 aromatic heterocycles. The second-order valence-corrected chi connectivity index (χ2v) is 5.57. The maximum Gasteiger partial charge on any atom is 0.422 e. The summed E-state index contributed by atoms with van der Waals surface area (Å²) in [6.45, 7) is 7.08. The number of hydrogen-bond acceptors (Lipinski definition) is 2. The fourth-order valence-corrected chi connectivity index (χ4v) is 2.23. The summed E-state index contributed by atoms with van der Waals surface area (Å²) < 4.78 is 39.4. The maximum atomic E-state index is 11.8. The van der Waals surface area contributed by atoms with Gasteiger partial charge in [0.2, 0.25) is 0 Å². The van der Waals surface area contributed by atoms with Crippen molar-refractivity contribution < 1.29 is 22.7 Å². The van der Waals surface area contributed by atoms with E-state index >= 15 is 0 Å². The van der Waals surface area contributed by atoms with Gasteiger partial charge in [0, 0.05) is 6.54 Å². The molecule has 17 heavy (non-hydrogen) atoms. The number of amides is 1. The van der Waals surface area contributed by atoms with Crippen molar-refractivity contribution >= 4 is 6.09 Å². The van der Waals surface area contributed by atoms with Gasteiger partial charge >= 0.3 is 12.3 Å². The zero-order valence-corrected chi connectivity index (χ0v) is 10.4. The van der Waals surface area contributed by atoms with Crippen LogP contribution in [0.2, 0.25) is 0 Å². The van der Waals surface area contributed by atoms with Gasteiger partial charge in [-0.15, -0.1) is 0 Å². The van der Waals surface area contributed by atoms with Crippen molar-refractivity contribution in [3.63, 3.8) is 0 Å². The van der Waals surface area contributed by atoms with Crippen molar-refractivity contribution in [1.82, 2.24) is 5.32 Å². The van der Waals surface area contributed by atoms with Gasteiger partial charge < -0.3 is 10.1 Å². The van der Waals surface area contributed by atoms with Crippen LogP contribution in [0.25, 0.3) is 0 Å². The minimum Gasteiger partial charge on any atom is -0.440 e. The Balaban J connectivity index is 2.27. The number of alkyl carbamates (subject to hydrolysis) is 1. The third kappa shape index (κ3) is 3.04. The molecule has 0 atom stereocenters. The smallest absolute Gasteiger partial charge is 0.422 e. The van der Waals surface area contributed by atoms with Gasteiger partial charge in [0.1, 0.15) is 0 Å². The Kier molecular flexibility index (Phi) is 3.38. The molecular formula is C11H18F3NO2. The SMILES string of the molecule is CC1(C)C(CNC(=O)OCC(F)(F)F)C1(C)C. The van der Waals surface area contributed by atoms with Crippen molar-refractivity contribution in [2.45, 2.75) is 33.9 Å². The van der Waals surface area contributed by atoms with Crippen LogP contribution in [0.1, 0.15) is 27.7 Å². The summed E-state index contributed by atoms with van der Waals surface area (Å²) in [7, 11) is 0. The summed E-state index contributed by atoms with van der Waals surface area (Å²) in [5, 5.41) is 2.37. The highest BCUT2D eigenvalue weighted by Gasteiger charge is 2.64. The van der Waals surface area contributed by atoms with Crippen LogP contribution in [0.5, 0.6) is 0 Å². The number of alkyl halides is 3. The molecule has 0 spiro atoms. The van der Waals surface area contributed by atoms with Crippen molar-refractivity contribution in [2.24, 2.45) is 16.7 Å². The summed E-state index contributed by atoms with van der Waals surface area (Å²) in [5.41, 5.74) is 0.175. The molecule has 0 radical (unpaired) electrons. The fourth-order valence-electron chi connectivity index (χ4n) is 2.23. The highest BCUT2D eigenvalue weighted by molar-refractivity contribution is 5.67. The average Bonchev–Trinajstić information content (AvgIpc) is 2.50.